The minimum atomic E-state index is -4.12. The molecule has 2 aromatic carbocycles. The van der Waals surface area contributed by atoms with Crippen LogP contribution >= 0.6 is 70.1 Å². The van der Waals surface area contributed by atoms with Crippen molar-refractivity contribution in [1.82, 2.24) is 19.3 Å². The van der Waals surface area contributed by atoms with E-state index in [1.54, 1.807) is 38.5 Å². The fourth-order valence-corrected chi connectivity index (χ4v) is 8.26. The molecule has 0 spiro atoms. The van der Waals surface area contributed by atoms with E-state index in [-0.39, 0.29) is 25.5 Å². The number of benzene rings is 2. The monoisotopic (exact) mass is 1190 g/mol. The van der Waals surface area contributed by atoms with Crippen LogP contribution in [0.1, 0.15) is 40.4 Å². The van der Waals surface area contributed by atoms with Crippen LogP contribution in [0.4, 0.5) is 21.9 Å². The van der Waals surface area contributed by atoms with Gasteiger partial charge in [0.1, 0.15) is 6.61 Å². The number of nitroso groups, excluding NO2 is 1. The van der Waals surface area contributed by atoms with Crippen LogP contribution in [-0.4, -0.2) is 88.4 Å². The number of carbonyl (C=O) groups excluding carboxylic acids is 1. The summed E-state index contributed by atoms with van der Waals surface area (Å²) >= 11 is 14.7. The first-order valence-corrected chi connectivity index (χ1v) is 26.8. The topological polar surface area (TPSA) is 270 Å². The van der Waals surface area contributed by atoms with Crippen LogP contribution in [-0.2, 0) is 39.8 Å². The highest BCUT2D eigenvalue weighted by Gasteiger charge is 2.34. The summed E-state index contributed by atoms with van der Waals surface area (Å²) in [6, 6.07) is 24.6. The van der Waals surface area contributed by atoms with Crippen LogP contribution in [0.5, 0.6) is 0 Å². The van der Waals surface area contributed by atoms with E-state index in [2.05, 4.69) is 88.2 Å². The lowest BCUT2D eigenvalue weighted by molar-refractivity contribution is 0.170. The molecule has 1 unspecified atom stereocenters. The molecule has 65 heavy (non-hydrogen) atoms. The molecule has 1 atom stereocenters. The number of aliphatic hydroxyl groups excluding tert-OH is 1. The van der Waals surface area contributed by atoms with E-state index >= 15 is 0 Å². The summed E-state index contributed by atoms with van der Waals surface area (Å²) in [5.74, 6) is 0.349. The highest BCUT2D eigenvalue weighted by atomic mass is 79.9. The number of alkyl halides is 1. The molecule has 18 nitrogen and oxygen atoms in total. The number of aryl methyl sites for hydroxylation is 3. The van der Waals surface area contributed by atoms with Crippen molar-refractivity contribution in [3.8, 4) is 0 Å². The lowest BCUT2D eigenvalue weighted by Crippen LogP contribution is -2.36. The van der Waals surface area contributed by atoms with Gasteiger partial charge >= 0.3 is 25.5 Å². The van der Waals surface area contributed by atoms with Gasteiger partial charge in [0, 0.05) is 67.0 Å². The Bertz CT molecular complexity index is 2600. The smallest absolute Gasteiger partial charge is 0.425 e. The maximum absolute atomic E-state index is 12.5. The van der Waals surface area contributed by atoms with Gasteiger partial charge < -0.3 is 20.9 Å². The van der Waals surface area contributed by atoms with Crippen LogP contribution < -0.4 is 15.8 Å². The number of nitrogens with zero attached hydrogens (tertiary/aromatic N) is 5. The number of aliphatic hydroxyl groups is 1. The van der Waals surface area contributed by atoms with Crippen LogP contribution in [0.3, 0.4) is 0 Å². The second-order valence-corrected chi connectivity index (χ2v) is 21.9. The number of hydrogen-bond acceptors (Lipinski definition) is 15. The van der Waals surface area contributed by atoms with Crippen molar-refractivity contribution >= 4 is 123 Å². The summed E-state index contributed by atoms with van der Waals surface area (Å²) in [4.78, 5) is 32.3. The second kappa shape index (κ2) is 29.6. The van der Waals surface area contributed by atoms with Gasteiger partial charge in [-0.05, 0) is 117 Å². The normalized spacial score (nSPS) is 12.2. The molecule has 1 aliphatic rings. The Balaban J connectivity index is 0.000000424. The van der Waals surface area contributed by atoms with Crippen LogP contribution in [0, 0.1) is 25.7 Å². The number of pyridine rings is 3. The van der Waals surface area contributed by atoms with Crippen molar-refractivity contribution < 1.29 is 39.9 Å². The van der Waals surface area contributed by atoms with Gasteiger partial charge in [0.25, 0.3) is 0 Å². The van der Waals surface area contributed by atoms with E-state index in [1.807, 2.05) is 93.7 Å². The molecule has 1 amide bonds. The van der Waals surface area contributed by atoms with E-state index in [0.29, 0.717) is 26.0 Å². The van der Waals surface area contributed by atoms with Crippen molar-refractivity contribution in [2.45, 2.75) is 38.7 Å². The highest BCUT2D eigenvalue weighted by molar-refractivity contribution is 9.11. The molecule has 356 valence electrons. The quantitative estimate of drug-likeness (QED) is 0.0577. The number of amides is 1. The largest absolute Gasteiger partial charge is 0.447 e. The summed E-state index contributed by atoms with van der Waals surface area (Å²) in [6.45, 7) is 7.25. The maximum Gasteiger partial charge on any atom is 0.425 e. The minimum absolute atomic E-state index is 0.00132. The number of cyclic esters (lactones) is 1. The maximum atomic E-state index is 12.5. The van der Waals surface area contributed by atoms with Gasteiger partial charge in [-0.2, -0.15) is 21.1 Å². The van der Waals surface area contributed by atoms with E-state index in [0.717, 1.165) is 42.8 Å². The molecular weight excluding hydrogens is 1150 g/mol. The number of carbonyl (C=O) groups is 1. The third kappa shape index (κ3) is 23.3. The first-order chi connectivity index (χ1) is 30.4. The van der Waals surface area contributed by atoms with Crippen LogP contribution in [0.25, 0.3) is 0 Å². The molecule has 5 aromatic rings. The summed E-state index contributed by atoms with van der Waals surface area (Å²) in [6.07, 6.45) is 4.08. The number of para-hydroxylation sites is 1. The number of nitrogen functional groups attached to an aromatic ring is 1. The molecule has 4 heterocycles. The molecule has 0 aliphatic carbocycles. The molecule has 1 fully saturated rings. The third-order valence-electron chi connectivity index (χ3n) is 7.96. The molecular formula is C39H47Br3Cl2N8O10S3. The summed E-state index contributed by atoms with van der Waals surface area (Å²) in [5, 5.41) is 10.2. The zero-order valence-corrected chi connectivity index (χ0v) is 44.1. The Morgan fingerprint density at radius 1 is 0.846 bits per heavy atom. The fourth-order valence-electron chi connectivity index (χ4n) is 4.50. The Hall–Kier alpha value is -4.01. The minimum Gasteiger partial charge on any atom is -0.447 e. The molecule has 0 bridgehead atoms. The van der Waals surface area contributed by atoms with Gasteiger partial charge in [-0.1, -0.05) is 48.5 Å². The van der Waals surface area contributed by atoms with Gasteiger partial charge in [0.2, 0.25) is 0 Å². The van der Waals surface area contributed by atoms with Crippen molar-refractivity contribution in [1.29, 1.82) is 0 Å². The van der Waals surface area contributed by atoms with Crippen molar-refractivity contribution in [2.24, 2.45) is 4.58 Å². The van der Waals surface area contributed by atoms with Gasteiger partial charge in [-0.15, -0.1) is 16.5 Å². The molecule has 6 rings (SSSR count). The summed E-state index contributed by atoms with van der Waals surface area (Å²) < 4.78 is 78.9. The number of nitrogens with two attached hydrogens (primary N) is 1. The standard InChI is InChI=1S/C15H16BrNO2S.C9H10BrN3O4S.C7H9N.C6H7BrN2.C2H5ClO.ClNO3S/c1-11-14(8-15(16)9-17-11)10-20(18,19)12(2)13-6-4-3-5-7-13;1-6-8(4-7(10)5-11-6)12-18(15,16)13-2-3-17-9(13)14;1-8-7-5-3-2-4-6-7;1-4-6(8)2-5(7)3-9-4;3-1-2-4;1-6(4,5)2-3/h3-9,12H,10H2,1-2H3;4-5,12H,2-3H2,1H3;2-6,8H,1H3;2-3H,8H2,1H3;4H,1-2H2;. The predicted octanol–water partition coefficient (Wildman–Crippen LogP) is 9.01. The predicted molar refractivity (Wildman–Crippen MR) is 267 cm³/mol. The average molecular weight is 1190 g/mol. The summed E-state index contributed by atoms with van der Waals surface area (Å²) in [5.41, 5.74) is 11.4. The van der Waals surface area contributed by atoms with Crippen molar-refractivity contribution in [3.63, 3.8) is 0 Å². The van der Waals surface area contributed by atoms with E-state index in [4.69, 9.17) is 27.3 Å². The Morgan fingerprint density at radius 3 is 1.75 bits per heavy atom. The zero-order valence-electron chi connectivity index (χ0n) is 35.4. The third-order valence-corrected chi connectivity index (χ3v) is 13.2. The number of hydrogen-bond donors (Lipinski definition) is 4. The molecule has 26 heteroatoms. The first-order valence-electron chi connectivity index (χ1n) is 18.4. The number of rotatable bonds is 10. The molecule has 0 saturated carbocycles. The number of halogens is 5. The van der Waals surface area contributed by atoms with Gasteiger partial charge in [-0.25, -0.2) is 13.2 Å². The fraction of sp³-hybridized carbons (Fsp3) is 0.282. The van der Waals surface area contributed by atoms with Gasteiger partial charge in [0.05, 0.1) is 51.5 Å². The Morgan fingerprint density at radius 2 is 1.32 bits per heavy atom. The van der Waals surface area contributed by atoms with E-state index in [1.165, 1.54) is 4.58 Å². The first kappa shape index (κ1) is 59.0. The number of anilines is 3. The summed E-state index contributed by atoms with van der Waals surface area (Å²) in [7, 11) is -5.22. The number of aromatic nitrogens is 3. The van der Waals surface area contributed by atoms with Crippen LogP contribution in [0.15, 0.2) is 115 Å². The molecule has 0 radical (unpaired) electrons. The lowest BCUT2D eigenvalue weighted by Gasteiger charge is -2.16. The highest BCUT2D eigenvalue weighted by Crippen LogP contribution is 2.27. The molecule has 3 aromatic heterocycles. The van der Waals surface area contributed by atoms with E-state index < -0.39 is 40.6 Å². The zero-order chi connectivity index (χ0) is 49.4. The van der Waals surface area contributed by atoms with Gasteiger partial charge in [-0.3, -0.25) is 19.7 Å². The number of nitrogens with one attached hydrogen (secondary N) is 2. The Kier molecular flexibility index (Phi) is 26.9. The van der Waals surface area contributed by atoms with Crippen molar-refractivity contribution in [2.75, 3.05) is 48.5 Å². The molecule has 1 aliphatic heterocycles. The molecule has 1 saturated heterocycles. The van der Waals surface area contributed by atoms with E-state index in [9.17, 15) is 30.0 Å². The second-order valence-electron chi connectivity index (χ2n) is 12.7. The average Bonchev–Trinajstić information content (AvgIpc) is 3.72. The Labute approximate surface area is 414 Å². The van der Waals surface area contributed by atoms with Crippen LogP contribution in [0.2, 0.25) is 0 Å². The SMILES string of the molecule is CNc1ccccc1.Cc1ncc(Br)cc1CS(=O)(=O)C(C)c1ccccc1.Cc1ncc(Br)cc1N.Cc1ncc(Br)cc1NS(=O)(=O)N1CCOC1=O.O=NS(=O)(=O)Cl.OCCCl. The lowest BCUT2D eigenvalue weighted by atomic mass is 10.2. The van der Waals surface area contributed by atoms with Crippen molar-refractivity contribution in [3.05, 3.63) is 144 Å². The molecule has 5 N–H and O–H groups in total. The number of sulfone groups is 1. The van der Waals surface area contributed by atoms with Gasteiger partial charge in [0.15, 0.2) is 9.84 Å². The number of ether oxygens (including phenoxy) is 1.